The number of halogens is 1. The number of hydrogen-bond acceptors (Lipinski definition) is 4. The van der Waals surface area contributed by atoms with E-state index in [0.717, 1.165) is 11.0 Å². The summed E-state index contributed by atoms with van der Waals surface area (Å²) in [4.78, 5) is 8.53. The third-order valence-corrected chi connectivity index (χ3v) is 4.23. The topological polar surface area (TPSA) is 47.0 Å². The Bertz CT molecular complexity index is 388. The van der Waals surface area contributed by atoms with Crippen molar-refractivity contribution in [3.05, 3.63) is 10.7 Å². The molecule has 0 amide bonds. The van der Waals surface area contributed by atoms with Crippen molar-refractivity contribution in [3.63, 3.8) is 0 Å². The van der Waals surface area contributed by atoms with Gasteiger partial charge in [0.1, 0.15) is 0 Å². The van der Waals surface area contributed by atoms with E-state index < -0.39 is 0 Å². The molecule has 2 rings (SSSR count). The molecule has 0 aromatic carbocycles. The molecule has 4 nitrogen and oxygen atoms in total. The Morgan fingerprint density at radius 1 is 1.53 bits per heavy atom. The molecule has 1 saturated carbocycles. The highest BCUT2D eigenvalue weighted by atomic mass is 79.9. The van der Waals surface area contributed by atoms with Crippen LogP contribution in [0.25, 0.3) is 0 Å². The second-order valence-electron chi connectivity index (χ2n) is 4.61. The molecule has 1 aromatic heterocycles. The summed E-state index contributed by atoms with van der Waals surface area (Å²) >= 11 is 3.34. The zero-order valence-corrected chi connectivity index (χ0v) is 11.9. The molecule has 0 saturated heterocycles. The molecule has 0 bridgehead atoms. The summed E-state index contributed by atoms with van der Waals surface area (Å²) in [7, 11) is 1.61. The van der Waals surface area contributed by atoms with Crippen LogP contribution in [0.3, 0.4) is 0 Å². The molecule has 94 valence electrons. The summed E-state index contributed by atoms with van der Waals surface area (Å²) in [5, 5.41) is 3.32. The Labute approximate surface area is 110 Å². The van der Waals surface area contributed by atoms with Crippen molar-refractivity contribution in [2.75, 3.05) is 19.0 Å². The Morgan fingerprint density at radius 3 is 2.82 bits per heavy atom. The molecule has 1 aliphatic rings. The first-order chi connectivity index (χ1) is 8.19. The van der Waals surface area contributed by atoms with Gasteiger partial charge >= 0.3 is 0 Å². The average Bonchev–Trinajstić information content (AvgIpc) is 2.30. The number of ether oxygens (including phenoxy) is 1. The lowest BCUT2D eigenvalue weighted by atomic mass is 9.67. The lowest BCUT2D eigenvalue weighted by molar-refractivity contribution is 0.144. The SMILES string of the molecule is CCC1(CNc2ncc(Br)c(OC)n2)CCC1. The zero-order chi connectivity index (χ0) is 12.3. The molecule has 0 unspecified atom stereocenters. The first-order valence-corrected chi connectivity index (χ1v) is 6.79. The fraction of sp³-hybridized carbons (Fsp3) is 0.667. The number of nitrogens with one attached hydrogen (secondary N) is 1. The van der Waals surface area contributed by atoms with Crippen molar-refractivity contribution in [3.8, 4) is 5.88 Å². The van der Waals surface area contributed by atoms with Gasteiger partial charge in [0.25, 0.3) is 0 Å². The lowest BCUT2D eigenvalue weighted by Crippen LogP contribution is -2.36. The van der Waals surface area contributed by atoms with Crippen LogP contribution in [0.4, 0.5) is 5.95 Å². The molecular weight excluding hydrogens is 282 g/mol. The number of hydrogen-bond donors (Lipinski definition) is 1. The quantitative estimate of drug-likeness (QED) is 0.907. The van der Waals surface area contributed by atoms with Crippen molar-refractivity contribution < 1.29 is 4.74 Å². The van der Waals surface area contributed by atoms with E-state index in [1.165, 1.54) is 25.7 Å². The molecule has 1 aromatic rings. The van der Waals surface area contributed by atoms with Crippen LogP contribution in [0.2, 0.25) is 0 Å². The largest absolute Gasteiger partial charge is 0.480 e. The minimum Gasteiger partial charge on any atom is -0.480 e. The number of methoxy groups -OCH3 is 1. The Hall–Kier alpha value is -0.840. The highest BCUT2D eigenvalue weighted by Gasteiger charge is 2.34. The van der Waals surface area contributed by atoms with Crippen LogP contribution in [0.5, 0.6) is 5.88 Å². The minimum atomic E-state index is 0.462. The molecule has 1 aliphatic carbocycles. The van der Waals surface area contributed by atoms with E-state index in [1.54, 1.807) is 13.3 Å². The summed E-state index contributed by atoms with van der Waals surface area (Å²) in [6.07, 6.45) is 6.90. The molecule has 0 spiro atoms. The third kappa shape index (κ3) is 2.70. The van der Waals surface area contributed by atoms with Crippen LogP contribution in [-0.4, -0.2) is 23.6 Å². The van der Waals surface area contributed by atoms with E-state index >= 15 is 0 Å². The molecule has 1 N–H and O–H groups in total. The summed E-state index contributed by atoms with van der Waals surface area (Å²) in [6.45, 7) is 3.21. The van der Waals surface area contributed by atoms with E-state index in [9.17, 15) is 0 Å². The van der Waals surface area contributed by atoms with E-state index in [0.29, 0.717) is 17.2 Å². The Kier molecular flexibility index (Phi) is 3.86. The maximum absolute atomic E-state index is 5.15. The Morgan fingerprint density at radius 2 is 2.29 bits per heavy atom. The molecule has 1 heterocycles. The standard InChI is InChI=1S/C12H18BrN3O/c1-3-12(5-4-6-12)8-15-11-14-7-9(13)10(16-11)17-2/h7H,3-6,8H2,1-2H3,(H,14,15,16). The van der Waals surface area contributed by atoms with E-state index in [2.05, 4.69) is 38.1 Å². The predicted octanol–water partition coefficient (Wildman–Crippen LogP) is 3.24. The zero-order valence-electron chi connectivity index (χ0n) is 10.3. The van der Waals surface area contributed by atoms with Crippen LogP contribution in [-0.2, 0) is 0 Å². The molecule has 0 aliphatic heterocycles. The second kappa shape index (κ2) is 5.21. The van der Waals surface area contributed by atoms with Crippen LogP contribution in [0, 0.1) is 5.41 Å². The van der Waals surface area contributed by atoms with Crippen molar-refractivity contribution in [2.45, 2.75) is 32.6 Å². The molecule has 0 atom stereocenters. The summed E-state index contributed by atoms with van der Waals surface area (Å²) in [5.74, 6) is 1.21. The highest BCUT2D eigenvalue weighted by Crippen LogP contribution is 2.43. The number of rotatable bonds is 5. The van der Waals surface area contributed by atoms with Gasteiger partial charge in [0.15, 0.2) is 0 Å². The van der Waals surface area contributed by atoms with Crippen molar-refractivity contribution in [1.82, 2.24) is 9.97 Å². The van der Waals surface area contributed by atoms with Gasteiger partial charge in [-0.15, -0.1) is 0 Å². The van der Waals surface area contributed by atoms with Gasteiger partial charge in [0, 0.05) is 6.54 Å². The number of aromatic nitrogens is 2. The Balaban J connectivity index is 1.99. The highest BCUT2D eigenvalue weighted by molar-refractivity contribution is 9.10. The smallest absolute Gasteiger partial charge is 0.232 e. The van der Waals surface area contributed by atoms with Gasteiger partial charge < -0.3 is 10.1 Å². The maximum Gasteiger partial charge on any atom is 0.232 e. The predicted molar refractivity (Wildman–Crippen MR) is 71.3 cm³/mol. The van der Waals surface area contributed by atoms with Crippen LogP contribution >= 0.6 is 15.9 Å². The van der Waals surface area contributed by atoms with Crippen LogP contribution < -0.4 is 10.1 Å². The van der Waals surface area contributed by atoms with Gasteiger partial charge in [-0.05, 0) is 40.6 Å². The lowest BCUT2D eigenvalue weighted by Gasteiger charge is -2.41. The van der Waals surface area contributed by atoms with E-state index in [-0.39, 0.29) is 0 Å². The van der Waals surface area contributed by atoms with Gasteiger partial charge in [-0.2, -0.15) is 4.98 Å². The number of nitrogens with zero attached hydrogens (tertiary/aromatic N) is 2. The third-order valence-electron chi connectivity index (χ3n) is 3.69. The normalized spacial score (nSPS) is 17.4. The summed E-state index contributed by atoms with van der Waals surface area (Å²) in [6, 6.07) is 0. The van der Waals surface area contributed by atoms with E-state index in [1.807, 2.05) is 0 Å². The van der Waals surface area contributed by atoms with Gasteiger partial charge in [0.05, 0.1) is 17.8 Å². The maximum atomic E-state index is 5.15. The minimum absolute atomic E-state index is 0.462. The van der Waals surface area contributed by atoms with Crippen molar-refractivity contribution in [1.29, 1.82) is 0 Å². The average molecular weight is 300 g/mol. The molecule has 0 radical (unpaired) electrons. The van der Waals surface area contributed by atoms with E-state index in [4.69, 9.17) is 4.74 Å². The summed E-state index contributed by atoms with van der Waals surface area (Å²) in [5.41, 5.74) is 0.462. The first-order valence-electron chi connectivity index (χ1n) is 5.99. The fourth-order valence-electron chi connectivity index (χ4n) is 2.18. The fourth-order valence-corrected chi connectivity index (χ4v) is 2.53. The second-order valence-corrected chi connectivity index (χ2v) is 5.47. The number of anilines is 1. The molecule has 17 heavy (non-hydrogen) atoms. The van der Waals surface area contributed by atoms with Gasteiger partial charge in [-0.25, -0.2) is 4.98 Å². The van der Waals surface area contributed by atoms with Crippen LogP contribution in [0.15, 0.2) is 10.7 Å². The molecule has 1 fully saturated rings. The van der Waals surface area contributed by atoms with Gasteiger partial charge in [-0.3, -0.25) is 0 Å². The monoisotopic (exact) mass is 299 g/mol. The van der Waals surface area contributed by atoms with Gasteiger partial charge in [0.2, 0.25) is 11.8 Å². The van der Waals surface area contributed by atoms with Crippen molar-refractivity contribution >= 4 is 21.9 Å². The molecular formula is C12H18BrN3O. The molecule has 5 heteroatoms. The summed E-state index contributed by atoms with van der Waals surface area (Å²) < 4.78 is 5.92. The van der Waals surface area contributed by atoms with Crippen molar-refractivity contribution in [2.24, 2.45) is 5.41 Å². The first kappa shape index (κ1) is 12.6. The van der Waals surface area contributed by atoms with Gasteiger partial charge in [-0.1, -0.05) is 13.3 Å². The van der Waals surface area contributed by atoms with Crippen LogP contribution in [0.1, 0.15) is 32.6 Å².